The van der Waals surface area contributed by atoms with Gasteiger partial charge in [-0.25, -0.2) is 4.79 Å². The molecule has 2 N–H and O–H groups in total. The van der Waals surface area contributed by atoms with Crippen molar-refractivity contribution in [1.82, 2.24) is 9.78 Å². The molecule has 0 aliphatic carbocycles. The minimum absolute atomic E-state index is 0.120. The van der Waals surface area contributed by atoms with Gasteiger partial charge in [-0.2, -0.15) is 5.10 Å². The number of hydrogen-bond donors (Lipinski definition) is 1. The van der Waals surface area contributed by atoms with E-state index >= 15 is 0 Å². The lowest BCUT2D eigenvalue weighted by Crippen LogP contribution is -2.10. The van der Waals surface area contributed by atoms with E-state index in [4.69, 9.17) is 10.5 Å². The largest absolute Gasteiger partial charge is 0.492 e. The van der Waals surface area contributed by atoms with Crippen LogP contribution in [0.4, 0.5) is 5.69 Å². The summed E-state index contributed by atoms with van der Waals surface area (Å²) in [4.78, 5) is 11.4. The van der Waals surface area contributed by atoms with Gasteiger partial charge < -0.3 is 15.2 Å². The summed E-state index contributed by atoms with van der Waals surface area (Å²) < 4.78 is 12.7. The van der Waals surface area contributed by atoms with Gasteiger partial charge in [0.2, 0.25) is 0 Å². The minimum Gasteiger partial charge on any atom is -0.492 e. The first-order chi connectivity index (χ1) is 9.60. The Hall–Kier alpha value is -2.02. The predicted octanol–water partition coefficient (Wildman–Crippen LogP) is 2.09. The first-order valence-corrected chi connectivity index (χ1v) is 6.69. The third-order valence-corrected chi connectivity index (χ3v) is 3.05. The maximum absolute atomic E-state index is 11.4. The first kappa shape index (κ1) is 14.4. The van der Waals surface area contributed by atoms with Crippen LogP contribution in [0.1, 0.15) is 10.5 Å². The van der Waals surface area contributed by atoms with Gasteiger partial charge in [0.1, 0.15) is 12.4 Å². The van der Waals surface area contributed by atoms with E-state index < -0.39 is 5.97 Å². The summed E-state index contributed by atoms with van der Waals surface area (Å²) in [6.45, 7) is 0.895. The van der Waals surface area contributed by atoms with Crippen LogP contribution in [0.2, 0.25) is 0 Å². The molecule has 0 fully saturated rings. The molecule has 2 rings (SSSR count). The molecule has 6 nitrogen and oxygen atoms in total. The Balaban J connectivity index is 1.93. The van der Waals surface area contributed by atoms with E-state index in [2.05, 4.69) is 25.8 Å². The van der Waals surface area contributed by atoms with Crippen LogP contribution in [0, 0.1) is 0 Å². The number of nitrogens with zero attached hydrogens (tertiary/aromatic N) is 2. The molecule has 0 atom stereocenters. The number of aromatic nitrogens is 2. The van der Waals surface area contributed by atoms with Crippen LogP contribution in [-0.4, -0.2) is 29.5 Å². The van der Waals surface area contributed by atoms with E-state index in [1.54, 1.807) is 10.9 Å². The number of ether oxygens (including phenoxy) is 2. The fourth-order valence-electron chi connectivity index (χ4n) is 1.62. The Morgan fingerprint density at radius 3 is 3.00 bits per heavy atom. The maximum atomic E-state index is 11.4. The molecular weight excluding hydrogens is 326 g/mol. The number of anilines is 1. The molecule has 20 heavy (non-hydrogen) atoms. The van der Waals surface area contributed by atoms with E-state index in [0.717, 1.165) is 10.2 Å². The summed E-state index contributed by atoms with van der Waals surface area (Å²) in [7, 11) is 1.29. The third-order valence-electron chi connectivity index (χ3n) is 2.55. The molecule has 0 aliphatic heterocycles. The summed E-state index contributed by atoms with van der Waals surface area (Å²) in [5.74, 6) is 0.210. The second kappa shape index (κ2) is 6.42. The lowest BCUT2D eigenvalue weighted by atomic mass is 10.3. The zero-order chi connectivity index (χ0) is 14.5. The molecular formula is C13H14BrN3O3. The van der Waals surface area contributed by atoms with E-state index in [9.17, 15) is 4.79 Å². The van der Waals surface area contributed by atoms with Crippen LogP contribution in [0.3, 0.4) is 0 Å². The number of benzene rings is 1. The van der Waals surface area contributed by atoms with E-state index in [1.165, 1.54) is 7.11 Å². The second-order valence-corrected chi connectivity index (χ2v) is 4.91. The SMILES string of the molecule is COC(=O)c1nn(CCOc2cccc(Br)c2)cc1N. The van der Waals surface area contributed by atoms with Gasteiger partial charge in [0.15, 0.2) is 5.69 Å². The molecule has 0 amide bonds. The third kappa shape index (κ3) is 3.51. The van der Waals surface area contributed by atoms with Crippen molar-refractivity contribution in [3.63, 3.8) is 0 Å². The number of hydrogen-bond acceptors (Lipinski definition) is 5. The molecule has 0 aliphatic rings. The normalized spacial score (nSPS) is 10.3. The number of halogens is 1. The molecule has 0 spiro atoms. The van der Waals surface area contributed by atoms with Crippen molar-refractivity contribution in [2.45, 2.75) is 6.54 Å². The molecule has 1 aromatic heterocycles. The van der Waals surface area contributed by atoms with Crippen molar-refractivity contribution in [1.29, 1.82) is 0 Å². The monoisotopic (exact) mass is 339 g/mol. The van der Waals surface area contributed by atoms with Gasteiger partial charge in [-0.15, -0.1) is 0 Å². The van der Waals surface area contributed by atoms with E-state index in [0.29, 0.717) is 18.8 Å². The number of esters is 1. The lowest BCUT2D eigenvalue weighted by Gasteiger charge is -2.06. The quantitative estimate of drug-likeness (QED) is 0.843. The van der Waals surface area contributed by atoms with Crippen molar-refractivity contribution >= 4 is 27.6 Å². The fourth-order valence-corrected chi connectivity index (χ4v) is 2.00. The van der Waals surface area contributed by atoms with Gasteiger partial charge in [0.25, 0.3) is 0 Å². The van der Waals surface area contributed by atoms with Gasteiger partial charge in [-0.05, 0) is 18.2 Å². The topological polar surface area (TPSA) is 79.4 Å². The van der Waals surface area contributed by atoms with Crippen LogP contribution >= 0.6 is 15.9 Å². The standard InChI is InChI=1S/C13H14BrN3O3/c1-19-13(18)12-11(15)8-17(16-12)5-6-20-10-4-2-3-9(14)7-10/h2-4,7-8H,5-6,15H2,1H3. The zero-order valence-corrected chi connectivity index (χ0v) is 12.5. The zero-order valence-electron chi connectivity index (χ0n) is 10.9. The Kier molecular flexibility index (Phi) is 4.62. The van der Waals surface area contributed by atoms with Gasteiger partial charge in [-0.3, -0.25) is 4.68 Å². The summed E-state index contributed by atoms with van der Waals surface area (Å²) in [6.07, 6.45) is 1.58. The number of nitrogens with two attached hydrogens (primary N) is 1. The molecule has 0 saturated heterocycles. The van der Waals surface area contributed by atoms with Crippen LogP contribution in [-0.2, 0) is 11.3 Å². The smallest absolute Gasteiger partial charge is 0.360 e. The highest BCUT2D eigenvalue weighted by molar-refractivity contribution is 9.10. The van der Waals surface area contributed by atoms with Crippen molar-refractivity contribution in [3.05, 3.63) is 40.6 Å². The molecule has 0 bridgehead atoms. The average molecular weight is 340 g/mol. The van der Waals surface area contributed by atoms with Crippen LogP contribution in [0.25, 0.3) is 0 Å². The number of methoxy groups -OCH3 is 1. The average Bonchev–Trinajstić information content (AvgIpc) is 2.79. The Morgan fingerprint density at radius 2 is 2.30 bits per heavy atom. The van der Waals surface area contributed by atoms with Gasteiger partial charge >= 0.3 is 5.97 Å². The summed E-state index contributed by atoms with van der Waals surface area (Å²) >= 11 is 3.37. The lowest BCUT2D eigenvalue weighted by molar-refractivity contribution is 0.0594. The molecule has 1 aromatic carbocycles. The minimum atomic E-state index is -0.547. The molecule has 0 unspecified atom stereocenters. The summed E-state index contributed by atoms with van der Waals surface area (Å²) in [5.41, 5.74) is 6.10. The number of rotatable bonds is 5. The maximum Gasteiger partial charge on any atom is 0.360 e. The van der Waals surface area contributed by atoms with Crippen molar-refractivity contribution < 1.29 is 14.3 Å². The molecule has 0 saturated carbocycles. The van der Waals surface area contributed by atoms with Gasteiger partial charge in [0.05, 0.1) is 19.3 Å². The highest BCUT2D eigenvalue weighted by atomic mass is 79.9. The van der Waals surface area contributed by atoms with E-state index in [1.807, 2.05) is 24.3 Å². The van der Waals surface area contributed by atoms with Crippen LogP contribution in [0.5, 0.6) is 5.75 Å². The summed E-state index contributed by atoms with van der Waals surface area (Å²) in [6, 6.07) is 7.55. The second-order valence-electron chi connectivity index (χ2n) is 3.99. The fraction of sp³-hybridized carbons (Fsp3) is 0.231. The van der Waals surface area contributed by atoms with Crippen LogP contribution in [0.15, 0.2) is 34.9 Å². The van der Waals surface area contributed by atoms with Crippen molar-refractivity contribution in [2.75, 3.05) is 19.5 Å². The number of carbonyl (C=O) groups excluding carboxylic acids is 1. The Bertz CT molecular complexity index is 613. The molecule has 7 heteroatoms. The Morgan fingerprint density at radius 1 is 1.50 bits per heavy atom. The highest BCUT2D eigenvalue weighted by Crippen LogP contribution is 2.17. The Labute approximate surface area is 124 Å². The van der Waals surface area contributed by atoms with Gasteiger partial charge in [-0.1, -0.05) is 22.0 Å². The van der Waals surface area contributed by atoms with Crippen molar-refractivity contribution in [2.24, 2.45) is 0 Å². The molecule has 0 radical (unpaired) electrons. The van der Waals surface area contributed by atoms with Crippen LogP contribution < -0.4 is 10.5 Å². The summed E-state index contributed by atoms with van der Waals surface area (Å²) in [5, 5.41) is 4.06. The van der Waals surface area contributed by atoms with Crippen molar-refractivity contribution in [3.8, 4) is 5.75 Å². The number of nitrogen functional groups attached to an aromatic ring is 1. The van der Waals surface area contributed by atoms with Gasteiger partial charge in [0, 0.05) is 10.7 Å². The highest BCUT2D eigenvalue weighted by Gasteiger charge is 2.14. The van der Waals surface area contributed by atoms with E-state index in [-0.39, 0.29) is 5.69 Å². The molecule has 106 valence electrons. The predicted molar refractivity (Wildman–Crippen MR) is 77.6 cm³/mol. The molecule has 2 aromatic rings. The first-order valence-electron chi connectivity index (χ1n) is 5.90. The number of carbonyl (C=O) groups is 1. The molecule has 1 heterocycles.